The smallest absolute Gasteiger partial charge is 0.337 e. The maximum Gasteiger partial charge on any atom is 0.337 e. The molecular weight excluding hydrogens is 360 g/mol. The van der Waals surface area contributed by atoms with Crippen molar-refractivity contribution in [3.63, 3.8) is 0 Å². The van der Waals surface area contributed by atoms with E-state index in [2.05, 4.69) is 21.2 Å². The molecule has 1 aromatic carbocycles. The normalized spacial score (nSPS) is 14.3. The van der Waals surface area contributed by atoms with Gasteiger partial charge in [0, 0.05) is 29.7 Å². The highest BCUT2D eigenvalue weighted by molar-refractivity contribution is 9.10. The van der Waals surface area contributed by atoms with Gasteiger partial charge in [0.05, 0.1) is 11.3 Å². The predicted molar refractivity (Wildman–Crippen MR) is 83.8 cm³/mol. The molecule has 1 aliphatic heterocycles. The molecule has 21 heavy (non-hydrogen) atoms. The first-order valence-electron chi connectivity index (χ1n) is 6.22. The molecule has 2 amide bonds. The molecule has 1 aliphatic rings. The summed E-state index contributed by atoms with van der Waals surface area (Å²) >= 11 is 4.43. The monoisotopic (exact) mass is 372 g/mol. The number of halogens is 1. The maximum atomic E-state index is 11.9. The number of thioether (sulfide) groups is 1. The van der Waals surface area contributed by atoms with Gasteiger partial charge in [-0.3, -0.25) is 9.59 Å². The number of nitrogens with one attached hydrogen (secondary N) is 1. The van der Waals surface area contributed by atoms with Gasteiger partial charge in [0.1, 0.15) is 0 Å². The van der Waals surface area contributed by atoms with E-state index in [9.17, 15) is 14.4 Å². The molecular formula is C13H13BrN2O4S. The van der Waals surface area contributed by atoms with Gasteiger partial charge in [0.2, 0.25) is 5.91 Å². The van der Waals surface area contributed by atoms with Crippen LogP contribution >= 0.6 is 27.7 Å². The lowest BCUT2D eigenvalue weighted by atomic mass is 10.1. The molecule has 0 saturated carbocycles. The van der Waals surface area contributed by atoms with Gasteiger partial charge in [-0.25, -0.2) is 4.79 Å². The van der Waals surface area contributed by atoms with Crippen molar-refractivity contribution >= 4 is 50.5 Å². The van der Waals surface area contributed by atoms with E-state index in [4.69, 9.17) is 5.11 Å². The Hall–Kier alpha value is -1.54. The van der Waals surface area contributed by atoms with E-state index in [-0.39, 0.29) is 28.8 Å². The second-order valence-corrected chi connectivity index (χ2v) is 6.36. The number of rotatable bonds is 5. The molecule has 0 atom stereocenters. The topological polar surface area (TPSA) is 86.7 Å². The van der Waals surface area contributed by atoms with Crippen molar-refractivity contribution in [1.82, 2.24) is 4.90 Å². The molecule has 2 rings (SSSR count). The van der Waals surface area contributed by atoms with E-state index >= 15 is 0 Å². The number of nitrogens with zero attached hydrogens (tertiary/aromatic N) is 1. The van der Waals surface area contributed by atoms with Crippen LogP contribution in [0.15, 0.2) is 22.7 Å². The molecule has 0 aromatic heterocycles. The molecule has 6 nitrogen and oxygen atoms in total. The highest BCUT2D eigenvalue weighted by atomic mass is 79.9. The van der Waals surface area contributed by atoms with Crippen molar-refractivity contribution in [1.29, 1.82) is 0 Å². The van der Waals surface area contributed by atoms with Crippen molar-refractivity contribution in [2.75, 3.05) is 24.2 Å². The highest BCUT2D eigenvalue weighted by Gasteiger charge is 2.21. The zero-order valence-corrected chi connectivity index (χ0v) is 13.4. The van der Waals surface area contributed by atoms with Crippen LogP contribution in [0.4, 0.5) is 10.5 Å². The SMILES string of the molecule is O=C(CCN1CCSC1=O)Nc1ccc(Br)cc1C(=O)O. The number of hydrogen-bond acceptors (Lipinski definition) is 4. The molecule has 0 spiro atoms. The van der Waals surface area contributed by atoms with Crippen LogP contribution in [0.25, 0.3) is 0 Å². The van der Waals surface area contributed by atoms with Crippen LogP contribution < -0.4 is 5.32 Å². The largest absolute Gasteiger partial charge is 0.478 e. The molecule has 2 N–H and O–H groups in total. The summed E-state index contributed by atoms with van der Waals surface area (Å²) in [6.45, 7) is 0.992. The van der Waals surface area contributed by atoms with Gasteiger partial charge in [-0.05, 0) is 18.2 Å². The molecule has 8 heteroatoms. The first-order valence-corrected chi connectivity index (χ1v) is 7.99. The third-order valence-electron chi connectivity index (χ3n) is 2.94. The number of anilines is 1. The Bertz CT molecular complexity index is 594. The first-order chi connectivity index (χ1) is 9.97. The lowest BCUT2D eigenvalue weighted by Gasteiger charge is -2.14. The summed E-state index contributed by atoms with van der Waals surface area (Å²) < 4.78 is 0.623. The minimum Gasteiger partial charge on any atom is -0.478 e. The Labute approximate surface area is 134 Å². The van der Waals surface area contributed by atoms with Crippen LogP contribution in [-0.4, -0.2) is 46.0 Å². The second kappa shape index (κ2) is 6.95. The summed E-state index contributed by atoms with van der Waals surface area (Å²) in [5, 5.41) is 11.7. The molecule has 112 valence electrons. The van der Waals surface area contributed by atoms with Crippen LogP contribution in [0, 0.1) is 0 Å². The second-order valence-electron chi connectivity index (χ2n) is 4.39. The van der Waals surface area contributed by atoms with Crippen molar-refractivity contribution < 1.29 is 19.5 Å². The summed E-state index contributed by atoms with van der Waals surface area (Å²) in [5.41, 5.74) is 0.267. The van der Waals surface area contributed by atoms with E-state index in [1.807, 2.05) is 0 Å². The Morgan fingerprint density at radius 2 is 2.19 bits per heavy atom. The molecule has 0 radical (unpaired) electrons. The van der Waals surface area contributed by atoms with Crippen molar-refractivity contribution in [3.05, 3.63) is 28.2 Å². The van der Waals surface area contributed by atoms with Gasteiger partial charge in [0.15, 0.2) is 0 Å². The summed E-state index contributed by atoms with van der Waals surface area (Å²) in [4.78, 5) is 36.0. The summed E-state index contributed by atoms with van der Waals surface area (Å²) in [5.74, 6) is -0.682. The number of hydrogen-bond donors (Lipinski definition) is 2. The number of aromatic carboxylic acids is 1. The van der Waals surface area contributed by atoms with Gasteiger partial charge in [-0.1, -0.05) is 27.7 Å². The van der Waals surface area contributed by atoms with Gasteiger partial charge in [-0.2, -0.15) is 0 Å². The Morgan fingerprint density at radius 1 is 1.43 bits per heavy atom. The summed E-state index contributed by atoms with van der Waals surface area (Å²) in [6.07, 6.45) is 0.140. The zero-order chi connectivity index (χ0) is 15.4. The molecule has 1 fully saturated rings. The van der Waals surface area contributed by atoms with Crippen LogP contribution in [0.2, 0.25) is 0 Å². The molecule has 0 bridgehead atoms. The highest BCUT2D eigenvalue weighted by Crippen LogP contribution is 2.22. The van der Waals surface area contributed by atoms with Crippen LogP contribution in [0.3, 0.4) is 0 Å². The van der Waals surface area contributed by atoms with E-state index in [0.717, 1.165) is 5.75 Å². The minimum absolute atomic E-state index is 0.0160. The van der Waals surface area contributed by atoms with E-state index in [1.165, 1.54) is 23.9 Å². The molecule has 1 saturated heterocycles. The Kier molecular flexibility index (Phi) is 5.24. The van der Waals surface area contributed by atoms with Crippen LogP contribution in [-0.2, 0) is 4.79 Å². The standard InChI is InChI=1S/C13H13BrN2O4S/c14-8-1-2-10(9(7-8)12(18)19)15-11(17)3-4-16-5-6-21-13(16)20/h1-2,7H,3-6H2,(H,15,17)(H,18,19). The van der Waals surface area contributed by atoms with Crippen molar-refractivity contribution in [3.8, 4) is 0 Å². The fourth-order valence-corrected chi connectivity index (χ4v) is 3.09. The van der Waals surface area contributed by atoms with E-state index < -0.39 is 5.97 Å². The lowest BCUT2D eigenvalue weighted by Crippen LogP contribution is -2.28. The number of carbonyl (C=O) groups excluding carboxylic acids is 2. The molecule has 0 aliphatic carbocycles. The van der Waals surface area contributed by atoms with Crippen molar-refractivity contribution in [2.24, 2.45) is 0 Å². The Morgan fingerprint density at radius 3 is 2.81 bits per heavy atom. The van der Waals surface area contributed by atoms with Gasteiger partial charge < -0.3 is 15.3 Å². The van der Waals surface area contributed by atoms with Gasteiger partial charge >= 0.3 is 5.97 Å². The van der Waals surface area contributed by atoms with Crippen molar-refractivity contribution in [2.45, 2.75) is 6.42 Å². The van der Waals surface area contributed by atoms with Gasteiger partial charge in [-0.15, -0.1) is 0 Å². The average Bonchev–Trinajstić information content (AvgIpc) is 2.84. The van der Waals surface area contributed by atoms with E-state index in [0.29, 0.717) is 17.6 Å². The van der Waals surface area contributed by atoms with Gasteiger partial charge in [0.25, 0.3) is 5.24 Å². The third kappa shape index (κ3) is 4.21. The lowest BCUT2D eigenvalue weighted by molar-refractivity contribution is -0.116. The first kappa shape index (κ1) is 15.8. The average molecular weight is 373 g/mol. The fraction of sp³-hybridized carbons (Fsp3) is 0.308. The van der Waals surface area contributed by atoms with Crippen LogP contribution in [0.1, 0.15) is 16.8 Å². The predicted octanol–water partition coefficient (Wildman–Crippen LogP) is 2.64. The van der Waals surface area contributed by atoms with Crippen LogP contribution in [0.5, 0.6) is 0 Å². The quantitative estimate of drug-likeness (QED) is 0.829. The molecule has 1 aromatic rings. The van der Waals surface area contributed by atoms with E-state index in [1.54, 1.807) is 11.0 Å². The zero-order valence-electron chi connectivity index (χ0n) is 11.0. The summed E-state index contributed by atoms with van der Waals surface area (Å²) in [6, 6.07) is 4.61. The number of carbonyl (C=O) groups is 3. The fourth-order valence-electron chi connectivity index (χ4n) is 1.88. The number of carboxylic acids is 1. The Balaban J connectivity index is 1.96. The summed E-state index contributed by atoms with van der Waals surface area (Å²) in [7, 11) is 0. The minimum atomic E-state index is -1.11. The number of carboxylic acid groups (broad SMARTS) is 1. The number of benzene rings is 1. The molecule has 0 unspecified atom stereocenters. The maximum absolute atomic E-state index is 11.9. The third-order valence-corrected chi connectivity index (χ3v) is 4.32. The number of amides is 2. The molecule has 1 heterocycles.